The van der Waals surface area contributed by atoms with Crippen LogP contribution in [0.3, 0.4) is 0 Å². The maximum Gasteiger partial charge on any atom is 0.261 e. The zero-order chi connectivity index (χ0) is 19.6. The number of fused-ring (bicyclic) bond motifs is 1. The molecule has 0 saturated heterocycles. The standard InChI is InChI=1S/C20H25N5O2/c1-13-6-5-7-17-19(13)22-12-25(20(17)27)11-9-18(26)21-10-8-16-14(2)23-24(4)15(16)3/h5-7,12H,8-11H2,1-4H3,(H,21,26). The van der Waals surface area contributed by atoms with Crippen molar-refractivity contribution in [1.82, 2.24) is 24.6 Å². The summed E-state index contributed by atoms with van der Waals surface area (Å²) in [4.78, 5) is 29.1. The number of carbonyl (C=O) groups excluding carboxylic acids is 1. The Labute approximate surface area is 158 Å². The van der Waals surface area contributed by atoms with Gasteiger partial charge in [-0.2, -0.15) is 5.10 Å². The van der Waals surface area contributed by atoms with Crippen molar-refractivity contribution in [3.05, 3.63) is 57.4 Å². The fraction of sp³-hybridized carbons (Fsp3) is 0.400. The minimum absolute atomic E-state index is 0.0783. The van der Waals surface area contributed by atoms with Crippen LogP contribution < -0.4 is 10.9 Å². The summed E-state index contributed by atoms with van der Waals surface area (Å²) in [6.07, 6.45) is 2.51. The zero-order valence-electron chi connectivity index (χ0n) is 16.2. The van der Waals surface area contributed by atoms with Gasteiger partial charge in [0, 0.05) is 32.3 Å². The second kappa shape index (κ2) is 7.73. The second-order valence-electron chi connectivity index (χ2n) is 6.84. The molecule has 3 rings (SSSR count). The number of hydrogen-bond donors (Lipinski definition) is 1. The summed E-state index contributed by atoms with van der Waals surface area (Å²) in [5.41, 5.74) is 4.85. The van der Waals surface area contributed by atoms with Gasteiger partial charge in [0.25, 0.3) is 5.56 Å². The molecule has 1 amide bonds. The monoisotopic (exact) mass is 367 g/mol. The summed E-state index contributed by atoms with van der Waals surface area (Å²) in [6, 6.07) is 5.55. The number of aryl methyl sites for hydroxylation is 4. The molecule has 0 saturated carbocycles. The minimum atomic E-state index is -0.113. The Bertz CT molecular complexity index is 1050. The van der Waals surface area contributed by atoms with Crippen LogP contribution in [0.15, 0.2) is 29.3 Å². The molecule has 27 heavy (non-hydrogen) atoms. The van der Waals surface area contributed by atoms with Crippen LogP contribution in [0, 0.1) is 20.8 Å². The highest BCUT2D eigenvalue weighted by atomic mass is 16.1. The normalized spacial score (nSPS) is 11.1. The van der Waals surface area contributed by atoms with Gasteiger partial charge >= 0.3 is 0 Å². The molecule has 3 aromatic rings. The highest BCUT2D eigenvalue weighted by molar-refractivity contribution is 5.80. The largest absolute Gasteiger partial charge is 0.356 e. The van der Waals surface area contributed by atoms with Gasteiger partial charge in [-0.1, -0.05) is 12.1 Å². The van der Waals surface area contributed by atoms with Crippen LogP contribution >= 0.6 is 0 Å². The van der Waals surface area contributed by atoms with Crippen molar-refractivity contribution in [2.45, 2.75) is 40.2 Å². The first-order chi connectivity index (χ1) is 12.9. The lowest BCUT2D eigenvalue weighted by Gasteiger charge is -2.09. The van der Waals surface area contributed by atoms with Gasteiger partial charge in [-0.25, -0.2) is 4.98 Å². The van der Waals surface area contributed by atoms with Crippen LogP contribution in [-0.4, -0.2) is 31.8 Å². The number of hydrogen-bond acceptors (Lipinski definition) is 4. The molecule has 0 bridgehead atoms. The topological polar surface area (TPSA) is 81.8 Å². The molecule has 142 valence electrons. The van der Waals surface area contributed by atoms with Crippen molar-refractivity contribution >= 4 is 16.8 Å². The third-order valence-electron chi connectivity index (χ3n) is 4.99. The molecule has 2 heterocycles. The van der Waals surface area contributed by atoms with Gasteiger partial charge in [-0.15, -0.1) is 0 Å². The highest BCUT2D eigenvalue weighted by Gasteiger charge is 2.10. The second-order valence-corrected chi connectivity index (χ2v) is 6.84. The van der Waals surface area contributed by atoms with Gasteiger partial charge in [0.2, 0.25) is 5.91 Å². The van der Waals surface area contributed by atoms with Crippen LogP contribution in [0.2, 0.25) is 0 Å². The fourth-order valence-electron chi connectivity index (χ4n) is 3.31. The predicted molar refractivity (Wildman–Crippen MR) is 105 cm³/mol. The van der Waals surface area contributed by atoms with Crippen molar-refractivity contribution in [2.24, 2.45) is 7.05 Å². The maximum absolute atomic E-state index is 12.6. The average molecular weight is 367 g/mol. The molecule has 1 N–H and O–H groups in total. The van der Waals surface area contributed by atoms with E-state index in [9.17, 15) is 9.59 Å². The first kappa shape index (κ1) is 18.8. The number of aromatic nitrogens is 4. The molecule has 7 nitrogen and oxygen atoms in total. The summed E-state index contributed by atoms with van der Waals surface area (Å²) in [5.74, 6) is -0.0783. The van der Waals surface area contributed by atoms with E-state index in [-0.39, 0.29) is 17.9 Å². The first-order valence-corrected chi connectivity index (χ1v) is 9.09. The van der Waals surface area contributed by atoms with E-state index in [0.29, 0.717) is 24.0 Å². The lowest BCUT2D eigenvalue weighted by atomic mass is 10.1. The Morgan fingerprint density at radius 1 is 1.22 bits per heavy atom. The smallest absolute Gasteiger partial charge is 0.261 e. The Morgan fingerprint density at radius 2 is 2.00 bits per heavy atom. The Hall–Kier alpha value is -2.96. The van der Waals surface area contributed by atoms with E-state index in [1.54, 1.807) is 6.07 Å². The van der Waals surface area contributed by atoms with Gasteiger partial charge in [0.1, 0.15) is 0 Å². The average Bonchev–Trinajstić information content (AvgIpc) is 2.88. The van der Waals surface area contributed by atoms with Crippen LogP contribution in [0.1, 0.15) is 28.9 Å². The van der Waals surface area contributed by atoms with Gasteiger partial charge in [0.05, 0.1) is 22.9 Å². The van der Waals surface area contributed by atoms with Crippen LogP contribution in [0.5, 0.6) is 0 Å². The van der Waals surface area contributed by atoms with E-state index in [1.807, 2.05) is 44.6 Å². The van der Waals surface area contributed by atoms with Crippen molar-refractivity contribution in [1.29, 1.82) is 0 Å². The van der Waals surface area contributed by atoms with E-state index in [4.69, 9.17) is 0 Å². The minimum Gasteiger partial charge on any atom is -0.356 e. The van der Waals surface area contributed by atoms with Crippen molar-refractivity contribution < 1.29 is 4.79 Å². The Balaban J connectivity index is 1.57. The van der Waals surface area contributed by atoms with Crippen molar-refractivity contribution in [3.63, 3.8) is 0 Å². The van der Waals surface area contributed by atoms with Crippen LogP contribution in [0.4, 0.5) is 0 Å². The first-order valence-electron chi connectivity index (χ1n) is 9.09. The number of nitrogens with one attached hydrogen (secondary N) is 1. The molecule has 0 atom stereocenters. The molecular formula is C20H25N5O2. The van der Waals surface area contributed by atoms with Crippen LogP contribution in [0.25, 0.3) is 10.9 Å². The zero-order valence-corrected chi connectivity index (χ0v) is 16.2. The molecule has 0 fully saturated rings. The number of benzene rings is 1. The van der Waals surface area contributed by atoms with Crippen LogP contribution in [-0.2, 0) is 24.8 Å². The SMILES string of the molecule is Cc1nn(C)c(C)c1CCNC(=O)CCn1cnc2c(C)cccc2c1=O. The molecule has 0 aliphatic heterocycles. The fourth-order valence-corrected chi connectivity index (χ4v) is 3.31. The number of carbonyl (C=O) groups is 1. The van der Waals surface area contributed by atoms with Gasteiger partial charge in [-0.3, -0.25) is 18.8 Å². The molecule has 0 unspecified atom stereocenters. The molecule has 2 aromatic heterocycles. The summed E-state index contributed by atoms with van der Waals surface area (Å²) < 4.78 is 3.35. The maximum atomic E-state index is 12.6. The number of para-hydroxylation sites is 1. The van der Waals surface area contributed by atoms with Gasteiger partial charge in [-0.05, 0) is 44.4 Å². The van der Waals surface area contributed by atoms with E-state index >= 15 is 0 Å². The number of nitrogens with zero attached hydrogens (tertiary/aromatic N) is 4. The molecule has 7 heteroatoms. The Morgan fingerprint density at radius 3 is 2.70 bits per heavy atom. The van der Waals surface area contributed by atoms with Crippen molar-refractivity contribution in [3.8, 4) is 0 Å². The molecule has 0 aliphatic rings. The summed E-state index contributed by atoms with van der Waals surface area (Å²) in [5, 5.41) is 7.89. The molecule has 1 aromatic carbocycles. The molecule has 0 spiro atoms. The van der Waals surface area contributed by atoms with Gasteiger partial charge in [0.15, 0.2) is 0 Å². The summed E-state index contributed by atoms with van der Waals surface area (Å²) in [6.45, 7) is 6.80. The van der Waals surface area contributed by atoms with E-state index < -0.39 is 0 Å². The van der Waals surface area contributed by atoms with E-state index in [2.05, 4.69) is 15.4 Å². The van der Waals surface area contributed by atoms with Gasteiger partial charge < -0.3 is 5.32 Å². The van der Waals surface area contributed by atoms with E-state index in [0.717, 1.165) is 23.4 Å². The number of rotatable bonds is 6. The lowest BCUT2D eigenvalue weighted by molar-refractivity contribution is -0.121. The quantitative estimate of drug-likeness (QED) is 0.720. The third-order valence-corrected chi connectivity index (χ3v) is 4.99. The lowest BCUT2D eigenvalue weighted by Crippen LogP contribution is -2.29. The Kier molecular flexibility index (Phi) is 5.39. The predicted octanol–water partition coefficient (Wildman–Crippen LogP) is 1.80. The number of amides is 1. The molecule has 0 aliphatic carbocycles. The van der Waals surface area contributed by atoms with Crippen molar-refractivity contribution in [2.75, 3.05) is 6.54 Å². The highest BCUT2D eigenvalue weighted by Crippen LogP contribution is 2.12. The molecule has 0 radical (unpaired) electrons. The summed E-state index contributed by atoms with van der Waals surface area (Å²) in [7, 11) is 1.92. The molecular weight excluding hydrogens is 342 g/mol. The van der Waals surface area contributed by atoms with E-state index in [1.165, 1.54) is 16.5 Å². The third kappa shape index (κ3) is 3.92. The summed E-state index contributed by atoms with van der Waals surface area (Å²) >= 11 is 0.